The summed E-state index contributed by atoms with van der Waals surface area (Å²) >= 11 is 0. The third-order valence-electron chi connectivity index (χ3n) is 2.87. The van der Waals surface area contributed by atoms with Crippen LogP contribution in [0.5, 0.6) is 0 Å². The molecule has 1 rings (SSSR count). The molecule has 1 atom stereocenters. The van der Waals surface area contributed by atoms with Crippen LogP contribution in [0, 0.1) is 0 Å². The highest BCUT2D eigenvalue weighted by Gasteiger charge is 2.04. The van der Waals surface area contributed by atoms with Gasteiger partial charge >= 0.3 is 0 Å². The van der Waals surface area contributed by atoms with Crippen molar-refractivity contribution in [2.45, 2.75) is 39.5 Å². The maximum Gasteiger partial charge on any atom is -0.00130 e. The molecule has 0 amide bonds. The molecule has 0 radical (unpaired) electrons. The van der Waals surface area contributed by atoms with Crippen LogP contribution in [0.2, 0.25) is 0 Å². The second-order valence-corrected chi connectivity index (χ2v) is 3.76. The second kappa shape index (κ2) is 4.99. The average Bonchev–Trinajstić information content (AvgIpc) is 2.26. The first-order valence-electron chi connectivity index (χ1n) is 5.47. The zero-order chi connectivity index (χ0) is 10.6. The molecule has 0 aromatic heterocycles. The van der Waals surface area contributed by atoms with Gasteiger partial charge in [-0.1, -0.05) is 45.0 Å². The zero-order valence-corrected chi connectivity index (χ0v) is 9.51. The minimum Gasteiger partial charge on any atom is -0.102 e. The van der Waals surface area contributed by atoms with E-state index in [0.29, 0.717) is 5.92 Å². The molecule has 1 aromatic rings. The van der Waals surface area contributed by atoms with Crippen LogP contribution in [-0.4, -0.2) is 0 Å². The Balaban J connectivity index is 3.06. The number of rotatable bonds is 4. The van der Waals surface area contributed by atoms with E-state index >= 15 is 0 Å². The summed E-state index contributed by atoms with van der Waals surface area (Å²) in [6, 6.07) is 6.81. The summed E-state index contributed by atoms with van der Waals surface area (Å²) in [6.07, 6.45) is 4.26. The Labute approximate surface area is 87.7 Å². The molecule has 0 fully saturated rings. The maximum atomic E-state index is 3.84. The van der Waals surface area contributed by atoms with Crippen LogP contribution in [0.15, 0.2) is 30.9 Å². The summed E-state index contributed by atoms with van der Waals surface area (Å²) in [7, 11) is 0. The molecule has 0 heteroatoms. The Bertz CT molecular complexity index is 310. The van der Waals surface area contributed by atoms with Crippen LogP contribution >= 0.6 is 0 Å². The summed E-state index contributed by atoms with van der Waals surface area (Å²) in [5, 5.41) is 0. The van der Waals surface area contributed by atoms with Gasteiger partial charge in [0.25, 0.3) is 0 Å². The Morgan fingerprint density at radius 1 is 1.21 bits per heavy atom. The number of allylic oxidation sites excluding steroid dienone is 1. The topological polar surface area (TPSA) is 0 Å². The van der Waals surface area contributed by atoms with Crippen molar-refractivity contribution in [1.29, 1.82) is 0 Å². The fourth-order valence-electron chi connectivity index (χ4n) is 1.74. The van der Waals surface area contributed by atoms with Crippen molar-refractivity contribution in [1.82, 2.24) is 0 Å². The van der Waals surface area contributed by atoms with Crippen molar-refractivity contribution in [3.63, 3.8) is 0 Å². The lowest BCUT2D eigenvalue weighted by atomic mass is 9.94. The van der Waals surface area contributed by atoms with E-state index in [-0.39, 0.29) is 0 Å². The Hall–Kier alpha value is -1.04. The van der Waals surface area contributed by atoms with Gasteiger partial charge in [0.05, 0.1) is 0 Å². The third kappa shape index (κ3) is 2.25. The van der Waals surface area contributed by atoms with Gasteiger partial charge in [-0.3, -0.25) is 0 Å². The summed E-state index contributed by atoms with van der Waals surface area (Å²) < 4.78 is 0. The van der Waals surface area contributed by atoms with E-state index in [1.54, 1.807) is 0 Å². The van der Waals surface area contributed by atoms with Gasteiger partial charge in [0.2, 0.25) is 0 Å². The molecule has 1 aromatic carbocycles. The number of hydrogen-bond acceptors (Lipinski definition) is 0. The molecular formula is C14H20. The Kier molecular flexibility index (Phi) is 3.94. The molecule has 0 aliphatic rings. The van der Waals surface area contributed by atoms with Gasteiger partial charge in [0, 0.05) is 0 Å². The van der Waals surface area contributed by atoms with Crippen LogP contribution < -0.4 is 0 Å². The molecule has 1 unspecified atom stereocenters. The Morgan fingerprint density at radius 3 is 2.36 bits per heavy atom. The fourth-order valence-corrected chi connectivity index (χ4v) is 1.74. The van der Waals surface area contributed by atoms with E-state index in [0.717, 1.165) is 12.8 Å². The molecule has 0 aliphatic carbocycles. The molecule has 0 spiro atoms. The summed E-state index contributed by atoms with van der Waals surface area (Å²) in [4.78, 5) is 0. The fraction of sp³-hybridized carbons (Fsp3) is 0.429. The molecule has 0 heterocycles. The van der Waals surface area contributed by atoms with E-state index < -0.39 is 0 Å². The number of aryl methyl sites for hydroxylation is 2. The lowest BCUT2D eigenvalue weighted by molar-refractivity contribution is 0.947. The van der Waals surface area contributed by atoms with E-state index in [2.05, 4.69) is 45.5 Å². The zero-order valence-electron chi connectivity index (χ0n) is 9.51. The Morgan fingerprint density at radius 2 is 1.86 bits per heavy atom. The number of hydrogen-bond donors (Lipinski definition) is 0. The lowest BCUT2D eigenvalue weighted by Crippen LogP contribution is -1.95. The molecule has 0 saturated carbocycles. The van der Waals surface area contributed by atoms with E-state index in [4.69, 9.17) is 0 Å². The van der Waals surface area contributed by atoms with Crippen LogP contribution in [0.1, 0.15) is 43.4 Å². The van der Waals surface area contributed by atoms with Crippen LogP contribution in [0.25, 0.3) is 0 Å². The third-order valence-corrected chi connectivity index (χ3v) is 2.87. The van der Waals surface area contributed by atoms with Crippen LogP contribution in [0.3, 0.4) is 0 Å². The normalized spacial score (nSPS) is 12.5. The van der Waals surface area contributed by atoms with Crippen molar-refractivity contribution in [3.8, 4) is 0 Å². The molecule has 0 N–H and O–H groups in total. The highest BCUT2D eigenvalue weighted by atomic mass is 14.1. The van der Waals surface area contributed by atoms with E-state index in [1.165, 1.54) is 16.7 Å². The minimum atomic E-state index is 0.464. The second-order valence-electron chi connectivity index (χ2n) is 3.76. The average molecular weight is 188 g/mol. The van der Waals surface area contributed by atoms with Gasteiger partial charge < -0.3 is 0 Å². The largest absolute Gasteiger partial charge is 0.102 e. The molecule has 76 valence electrons. The van der Waals surface area contributed by atoms with Gasteiger partial charge in [-0.15, -0.1) is 6.58 Å². The smallest absolute Gasteiger partial charge is 0.00130 e. The quantitative estimate of drug-likeness (QED) is 0.624. The van der Waals surface area contributed by atoms with Gasteiger partial charge in [0.1, 0.15) is 0 Å². The lowest BCUT2D eigenvalue weighted by Gasteiger charge is -2.11. The van der Waals surface area contributed by atoms with Gasteiger partial charge in [0.15, 0.2) is 0 Å². The first kappa shape index (κ1) is 11.0. The van der Waals surface area contributed by atoms with Crippen molar-refractivity contribution in [2.24, 2.45) is 0 Å². The maximum absolute atomic E-state index is 3.84. The van der Waals surface area contributed by atoms with E-state index in [1.807, 2.05) is 6.08 Å². The highest BCUT2D eigenvalue weighted by Crippen LogP contribution is 2.20. The summed E-state index contributed by atoms with van der Waals surface area (Å²) in [6.45, 7) is 10.5. The molecule has 14 heavy (non-hydrogen) atoms. The SMILES string of the molecule is C=CC(C)c1ccc(CC)c(CC)c1. The molecule has 0 bridgehead atoms. The first-order valence-corrected chi connectivity index (χ1v) is 5.47. The van der Waals surface area contributed by atoms with Crippen LogP contribution in [-0.2, 0) is 12.8 Å². The minimum absolute atomic E-state index is 0.464. The summed E-state index contributed by atoms with van der Waals surface area (Å²) in [5.41, 5.74) is 4.35. The highest BCUT2D eigenvalue weighted by molar-refractivity contribution is 5.34. The molecule has 0 aliphatic heterocycles. The molecular weight excluding hydrogens is 168 g/mol. The van der Waals surface area contributed by atoms with Crippen molar-refractivity contribution in [2.75, 3.05) is 0 Å². The van der Waals surface area contributed by atoms with Crippen molar-refractivity contribution >= 4 is 0 Å². The van der Waals surface area contributed by atoms with Gasteiger partial charge in [-0.05, 0) is 35.4 Å². The number of benzene rings is 1. The predicted octanol–water partition coefficient (Wildman–Crippen LogP) is 4.10. The van der Waals surface area contributed by atoms with Crippen LogP contribution in [0.4, 0.5) is 0 Å². The predicted molar refractivity (Wildman–Crippen MR) is 63.8 cm³/mol. The van der Waals surface area contributed by atoms with Gasteiger partial charge in [-0.2, -0.15) is 0 Å². The molecule has 0 saturated heterocycles. The van der Waals surface area contributed by atoms with Gasteiger partial charge in [-0.25, -0.2) is 0 Å². The standard InChI is InChI=1S/C14H20/c1-5-11(4)14-9-8-12(6-2)13(7-3)10-14/h5,8-11H,1,6-7H2,2-4H3. The van der Waals surface area contributed by atoms with Crippen molar-refractivity contribution < 1.29 is 0 Å². The van der Waals surface area contributed by atoms with Crippen molar-refractivity contribution in [3.05, 3.63) is 47.5 Å². The molecule has 0 nitrogen and oxygen atoms in total. The first-order chi connectivity index (χ1) is 6.72. The van der Waals surface area contributed by atoms with E-state index in [9.17, 15) is 0 Å². The summed E-state index contributed by atoms with van der Waals surface area (Å²) in [5.74, 6) is 0.464. The monoisotopic (exact) mass is 188 g/mol.